The monoisotopic (exact) mass is 248 g/mol. The molecule has 0 aromatic rings. The zero-order chi connectivity index (χ0) is 10.5. The third-order valence-electron chi connectivity index (χ3n) is 1.28. The van der Waals surface area contributed by atoms with Crippen LogP contribution in [0.25, 0.3) is 0 Å². The van der Waals surface area contributed by atoms with E-state index in [-0.39, 0.29) is 52.8 Å². The van der Waals surface area contributed by atoms with Crippen molar-refractivity contribution in [2.24, 2.45) is 0 Å². The van der Waals surface area contributed by atoms with Crippen molar-refractivity contribution < 1.29 is 75.3 Å². The molecule has 0 aliphatic heterocycles. The minimum atomic E-state index is -4.46. The Balaban J connectivity index is -0.000000720. The number of esters is 1. The minimum absolute atomic E-state index is 0. The van der Waals surface area contributed by atoms with Crippen LogP contribution in [0.5, 0.6) is 0 Å². The molecule has 5 nitrogen and oxygen atoms in total. The SMILES string of the molecule is CCCC=C(C(=O)OC)S(=O)(=O)O.[H-].[K+]. The van der Waals surface area contributed by atoms with Crippen LogP contribution >= 0.6 is 0 Å². The fraction of sp³-hybridized carbons (Fsp3) is 0.571. The second-order valence-corrected chi connectivity index (χ2v) is 3.71. The molecule has 0 aliphatic carbocycles. The smallest absolute Gasteiger partial charge is 1.00 e. The summed E-state index contributed by atoms with van der Waals surface area (Å²) in [6, 6.07) is 0. The molecule has 0 amide bonds. The maximum Gasteiger partial charge on any atom is 1.00 e. The van der Waals surface area contributed by atoms with E-state index < -0.39 is 21.0 Å². The summed E-state index contributed by atoms with van der Waals surface area (Å²) in [4.78, 5) is 10.1. The molecule has 78 valence electrons. The number of hydrogen-bond donors (Lipinski definition) is 1. The minimum Gasteiger partial charge on any atom is -1.00 e. The fourth-order valence-corrected chi connectivity index (χ4v) is 1.29. The summed E-state index contributed by atoms with van der Waals surface area (Å²) in [7, 11) is -3.41. The average Bonchev–Trinajstić information content (AvgIpc) is 2.02. The predicted octanol–water partition coefficient (Wildman–Crippen LogP) is -2.15. The van der Waals surface area contributed by atoms with Gasteiger partial charge in [0.15, 0.2) is 4.91 Å². The van der Waals surface area contributed by atoms with Gasteiger partial charge >= 0.3 is 67.5 Å². The van der Waals surface area contributed by atoms with Crippen LogP contribution < -0.4 is 51.4 Å². The third kappa shape index (κ3) is 6.28. The summed E-state index contributed by atoms with van der Waals surface area (Å²) < 4.78 is 34.0. The van der Waals surface area contributed by atoms with Gasteiger partial charge in [-0.3, -0.25) is 4.55 Å². The van der Waals surface area contributed by atoms with Crippen molar-refractivity contribution in [2.75, 3.05) is 7.11 Å². The molecule has 0 aliphatic rings. The molecule has 0 fully saturated rings. The predicted molar refractivity (Wildman–Crippen MR) is 47.7 cm³/mol. The summed E-state index contributed by atoms with van der Waals surface area (Å²) in [5.41, 5.74) is 0. The topological polar surface area (TPSA) is 80.7 Å². The van der Waals surface area contributed by atoms with Gasteiger partial charge in [-0.15, -0.1) is 0 Å². The van der Waals surface area contributed by atoms with Crippen molar-refractivity contribution >= 4 is 16.1 Å². The first kappa shape index (κ1) is 17.2. The standard InChI is InChI=1S/C7H12O5S.K.H/c1-3-4-5-6(7(8)12-2)13(9,10)11;;/h5H,3-4H2,1-2H3,(H,9,10,11);;/q;+1;-1. The van der Waals surface area contributed by atoms with E-state index in [1.54, 1.807) is 0 Å². The van der Waals surface area contributed by atoms with Crippen LogP contribution in [0, 0.1) is 0 Å². The van der Waals surface area contributed by atoms with Crippen LogP contribution in [-0.4, -0.2) is 26.0 Å². The number of ether oxygens (including phenoxy) is 1. The number of allylic oxidation sites excluding steroid dienone is 1. The largest absolute Gasteiger partial charge is 1.00 e. The summed E-state index contributed by atoms with van der Waals surface area (Å²) in [5.74, 6) is -1.05. The van der Waals surface area contributed by atoms with Crippen LogP contribution in [0.1, 0.15) is 21.2 Å². The summed E-state index contributed by atoms with van der Waals surface area (Å²) in [6.07, 6.45) is 2.21. The van der Waals surface area contributed by atoms with E-state index >= 15 is 0 Å². The summed E-state index contributed by atoms with van der Waals surface area (Å²) in [6.45, 7) is 1.81. The molecule has 14 heavy (non-hydrogen) atoms. The Morgan fingerprint density at radius 1 is 1.57 bits per heavy atom. The molecule has 0 bridgehead atoms. The van der Waals surface area contributed by atoms with E-state index in [0.717, 1.165) is 13.2 Å². The van der Waals surface area contributed by atoms with E-state index in [1.165, 1.54) is 0 Å². The molecule has 0 unspecified atom stereocenters. The number of carbonyl (C=O) groups is 1. The maximum atomic E-state index is 10.8. The van der Waals surface area contributed by atoms with Gasteiger partial charge in [0.1, 0.15) is 0 Å². The van der Waals surface area contributed by atoms with Crippen molar-refractivity contribution in [1.29, 1.82) is 0 Å². The normalized spacial score (nSPS) is 11.8. The van der Waals surface area contributed by atoms with Gasteiger partial charge in [0.25, 0.3) is 0 Å². The van der Waals surface area contributed by atoms with E-state index in [4.69, 9.17) is 4.55 Å². The molecule has 0 saturated carbocycles. The van der Waals surface area contributed by atoms with Crippen LogP contribution in [0.3, 0.4) is 0 Å². The van der Waals surface area contributed by atoms with Gasteiger partial charge in [-0.05, 0) is 6.42 Å². The van der Waals surface area contributed by atoms with Gasteiger partial charge in [0, 0.05) is 0 Å². The zero-order valence-corrected chi connectivity index (χ0v) is 12.4. The Kier molecular flexibility index (Phi) is 9.77. The molecular formula is C7H13KO5S. The maximum absolute atomic E-state index is 10.8. The first-order chi connectivity index (χ1) is 5.93. The molecule has 7 heteroatoms. The van der Waals surface area contributed by atoms with Crippen LogP contribution in [-0.2, 0) is 19.6 Å². The molecular weight excluding hydrogens is 235 g/mol. The summed E-state index contributed by atoms with van der Waals surface area (Å²) >= 11 is 0. The van der Waals surface area contributed by atoms with Gasteiger partial charge in [-0.2, -0.15) is 8.42 Å². The molecule has 0 aromatic carbocycles. The number of unbranched alkanes of at least 4 members (excludes halogenated alkanes) is 1. The summed E-state index contributed by atoms with van der Waals surface area (Å²) in [5, 5.41) is 0. The van der Waals surface area contributed by atoms with Gasteiger partial charge in [0.05, 0.1) is 7.11 Å². The van der Waals surface area contributed by atoms with E-state index in [1.807, 2.05) is 6.92 Å². The number of carbonyl (C=O) groups excluding carboxylic acids is 1. The second-order valence-electron chi connectivity index (χ2n) is 2.32. The van der Waals surface area contributed by atoms with E-state index in [2.05, 4.69) is 4.74 Å². The molecule has 0 radical (unpaired) electrons. The van der Waals surface area contributed by atoms with Crippen molar-refractivity contribution in [3.8, 4) is 0 Å². The Hall–Kier alpha value is 0.756. The van der Waals surface area contributed by atoms with E-state index in [0.29, 0.717) is 12.8 Å². The number of methoxy groups -OCH3 is 1. The molecule has 0 aromatic heterocycles. The molecule has 0 heterocycles. The van der Waals surface area contributed by atoms with Crippen LogP contribution in [0.4, 0.5) is 0 Å². The Morgan fingerprint density at radius 3 is 2.36 bits per heavy atom. The van der Waals surface area contributed by atoms with Gasteiger partial charge in [-0.25, -0.2) is 4.79 Å². The first-order valence-electron chi connectivity index (χ1n) is 3.69. The van der Waals surface area contributed by atoms with Crippen molar-refractivity contribution in [1.82, 2.24) is 0 Å². The second kappa shape index (κ2) is 7.97. The van der Waals surface area contributed by atoms with E-state index in [9.17, 15) is 13.2 Å². The van der Waals surface area contributed by atoms with Crippen molar-refractivity contribution in [3.63, 3.8) is 0 Å². The van der Waals surface area contributed by atoms with Crippen molar-refractivity contribution in [2.45, 2.75) is 19.8 Å². The Morgan fingerprint density at radius 2 is 2.07 bits per heavy atom. The van der Waals surface area contributed by atoms with Crippen LogP contribution in [0.2, 0.25) is 0 Å². The van der Waals surface area contributed by atoms with Gasteiger partial charge in [-0.1, -0.05) is 19.4 Å². The molecule has 0 atom stereocenters. The van der Waals surface area contributed by atoms with Crippen LogP contribution in [0.15, 0.2) is 11.0 Å². The first-order valence-corrected chi connectivity index (χ1v) is 5.13. The number of hydrogen-bond acceptors (Lipinski definition) is 4. The Labute approximate surface area is 128 Å². The third-order valence-corrected chi connectivity index (χ3v) is 2.17. The molecule has 0 saturated heterocycles. The Bertz CT molecular complexity index is 311. The molecule has 0 spiro atoms. The average molecular weight is 248 g/mol. The quantitative estimate of drug-likeness (QED) is 0.265. The van der Waals surface area contributed by atoms with Gasteiger partial charge < -0.3 is 6.16 Å². The van der Waals surface area contributed by atoms with Gasteiger partial charge in [0.2, 0.25) is 0 Å². The molecule has 0 rings (SSSR count). The zero-order valence-electron chi connectivity index (χ0n) is 9.48. The van der Waals surface area contributed by atoms with Crippen molar-refractivity contribution in [3.05, 3.63) is 11.0 Å². The number of rotatable bonds is 4. The fourth-order valence-electron chi connectivity index (χ4n) is 0.670. The molecule has 1 N–H and O–H groups in total.